The fraction of sp³-hybridized carbons (Fsp3) is 0.136. The second kappa shape index (κ2) is 8.00. The average Bonchev–Trinajstić information content (AvgIpc) is 3.33. The lowest BCUT2D eigenvalue weighted by molar-refractivity contribution is 0.0515. The number of hydrogen-bond donors (Lipinski definition) is 0. The molecule has 142 valence electrons. The Labute approximate surface area is 177 Å². The molecule has 4 aromatic rings. The van der Waals surface area contributed by atoms with Crippen LogP contribution in [-0.2, 0) is 11.3 Å². The quantitative estimate of drug-likeness (QED) is 0.323. The Bertz CT molecular complexity index is 1150. The Morgan fingerprint density at radius 2 is 1.93 bits per heavy atom. The van der Waals surface area contributed by atoms with E-state index in [9.17, 15) is 4.79 Å². The van der Waals surface area contributed by atoms with Gasteiger partial charge in [0.15, 0.2) is 0 Å². The summed E-state index contributed by atoms with van der Waals surface area (Å²) in [6.45, 7) is 2.62. The Kier molecular flexibility index (Phi) is 5.44. The lowest BCUT2D eigenvalue weighted by Gasteiger charge is -2.11. The van der Waals surface area contributed by atoms with Gasteiger partial charge in [-0.15, -0.1) is 11.3 Å². The molecule has 2 heterocycles. The molecule has 0 spiro atoms. The third kappa shape index (κ3) is 3.68. The van der Waals surface area contributed by atoms with E-state index in [-0.39, 0.29) is 5.97 Å². The van der Waals surface area contributed by atoms with E-state index in [1.54, 1.807) is 24.3 Å². The minimum atomic E-state index is -0.337. The van der Waals surface area contributed by atoms with Gasteiger partial charge in [-0.1, -0.05) is 41.4 Å². The molecule has 6 heteroatoms. The highest BCUT2D eigenvalue weighted by molar-refractivity contribution is 7.13. The lowest BCUT2D eigenvalue weighted by Crippen LogP contribution is -2.12. The molecule has 0 amide bonds. The Morgan fingerprint density at radius 3 is 2.64 bits per heavy atom. The number of halogens is 2. The fourth-order valence-electron chi connectivity index (χ4n) is 3.23. The molecule has 0 fully saturated rings. The second-order valence-electron chi connectivity index (χ2n) is 6.34. The minimum Gasteiger partial charge on any atom is -0.461 e. The summed E-state index contributed by atoms with van der Waals surface area (Å²) in [5, 5.41) is 4.05. The first-order valence-electron chi connectivity index (χ1n) is 8.85. The van der Waals surface area contributed by atoms with E-state index in [1.165, 1.54) is 4.88 Å². The zero-order chi connectivity index (χ0) is 19.7. The minimum absolute atomic E-state index is 0.327. The van der Waals surface area contributed by atoms with Gasteiger partial charge in [-0.2, -0.15) is 0 Å². The van der Waals surface area contributed by atoms with Crippen LogP contribution in [0.4, 0.5) is 0 Å². The molecule has 0 saturated carbocycles. The normalized spacial score (nSPS) is 11.1. The number of carbonyl (C=O) groups excluding carboxylic acids is 1. The maximum Gasteiger partial charge on any atom is 0.354 e. The summed E-state index contributed by atoms with van der Waals surface area (Å²) in [5.41, 5.74) is 3.57. The van der Waals surface area contributed by atoms with Gasteiger partial charge in [-0.05, 0) is 59.8 Å². The molecular weight excluding hydrogens is 413 g/mol. The lowest BCUT2D eigenvalue weighted by atomic mass is 10.1. The van der Waals surface area contributed by atoms with Crippen LogP contribution in [0.3, 0.4) is 0 Å². The molecule has 0 atom stereocenters. The molecule has 2 aromatic heterocycles. The number of benzene rings is 2. The SMILES string of the molecule is CCOC(=O)c1cc2cc(-c3cccs3)ccc2n1Cc1ccc(Cl)c(Cl)c1. The Morgan fingerprint density at radius 1 is 1.07 bits per heavy atom. The van der Waals surface area contributed by atoms with E-state index in [1.807, 2.05) is 34.9 Å². The van der Waals surface area contributed by atoms with Crippen molar-refractivity contribution in [2.75, 3.05) is 6.61 Å². The number of fused-ring (bicyclic) bond motifs is 1. The molecular formula is C22H17Cl2NO2S. The van der Waals surface area contributed by atoms with Crippen LogP contribution in [0.2, 0.25) is 10.0 Å². The third-order valence-electron chi connectivity index (χ3n) is 4.52. The smallest absolute Gasteiger partial charge is 0.354 e. The zero-order valence-electron chi connectivity index (χ0n) is 15.1. The topological polar surface area (TPSA) is 31.2 Å². The Balaban J connectivity index is 1.82. The summed E-state index contributed by atoms with van der Waals surface area (Å²) in [6.07, 6.45) is 0. The molecule has 0 saturated heterocycles. The molecule has 0 N–H and O–H groups in total. The van der Waals surface area contributed by atoms with E-state index < -0.39 is 0 Å². The molecule has 0 radical (unpaired) electrons. The number of hydrogen-bond acceptors (Lipinski definition) is 3. The van der Waals surface area contributed by atoms with Crippen LogP contribution in [-0.4, -0.2) is 17.1 Å². The van der Waals surface area contributed by atoms with Gasteiger partial charge in [-0.25, -0.2) is 4.79 Å². The van der Waals surface area contributed by atoms with Crippen molar-refractivity contribution < 1.29 is 9.53 Å². The summed E-state index contributed by atoms with van der Waals surface area (Å²) in [7, 11) is 0. The van der Waals surface area contributed by atoms with E-state index >= 15 is 0 Å². The predicted molar refractivity (Wildman–Crippen MR) is 117 cm³/mol. The summed E-state index contributed by atoms with van der Waals surface area (Å²) >= 11 is 13.9. The van der Waals surface area contributed by atoms with Gasteiger partial charge in [0.05, 0.1) is 16.7 Å². The Hall–Kier alpha value is -2.27. The third-order valence-corrected chi connectivity index (χ3v) is 6.17. The predicted octanol–water partition coefficient (Wildman–Crippen LogP) is 6.90. The molecule has 0 aliphatic heterocycles. The molecule has 0 aliphatic rings. The highest BCUT2D eigenvalue weighted by Gasteiger charge is 2.18. The average molecular weight is 430 g/mol. The molecule has 0 aliphatic carbocycles. The van der Waals surface area contributed by atoms with Crippen LogP contribution in [0.15, 0.2) is 60.0 Å². The van der Waals surface area contributed by atoms with Gasteiger partial charge < -0.3 is 9.30 Å². The number of aromatic nitrogens is 1. The van der Waals surface area contributed by atoms with Crippen molar-refractivity contribution in [2.24, 2.45) is 0 Å². The molecule has 2 aromatic carbocycles. The van der Waals surface area contributed by atoms with Crippen molar-refractivity contribution >= 4 is 51.4 Å². The van der Waals surface area contributed by atoms with Crippen LogP contribution in [0.5, 0.6) is 0 Å². The summed E-state index contributed by atoms with van der Waals surface area (Å²) < 4.78 is 7.24. The summed E-state index contributed by atoms with van der Waals surface area (Å²) in [6, 6.07) is 17.7. The van der Waals surface area contributed by atoms with Crippen LogP contribution >= 0.6 is 34.5 Å². The molecule has 0 bridgehead atoms. The van der Waals surface area contributed by atoms with Crippen molar-refractivity contribution in [1.29, 1.82) is 0 Å². The van der Waals surface area contributed by atoms with Crippen molar-refractivity contribution in [2.45, 2.75) is 13.5 Å². The molecule has 0 unspecified atom stereocenters. The van der Waals surface area contributed by atoms with Gasteiger partial charge in [0.2, 0.25) is 0 Å². The number of thiophene rings is 1. The molecule has 28 heavy (non-hydrogen) atoms. The number of rotatable bonds is 5. The number of nitrogens with zero attached hydrogens (tertiary/aromatic N) is 1. The van der Waals surface area contributed by atoms with Crippen molar-refractivity contribution in [3.8, 4) is 10.4 Å². The first-order valence-corrected chi connectivity index (χ1v) is 10.5. The van der Waals surface area contributed by atoms with Gasteiger partial charge in [0.1, 0.15) is 5.69 Å². The maximum absolute atomic E-state index is 12.6. The number of carbonyl (C=O) groups is 1. The standard InChI is InChI=1S/C22H17Cl2NO2S/c1-2-27-22(26)20-12-16-11-15(21-4-3-9-28-21)6-8-19(16)25(20)13-14-5-7-17(23)18(24)10-14/h3-12H,2,13H2,1H3. The van der Waals surface area contributed by atoms with E-state index in [4.69, 9.17) is 27.9 Å². The fourth-order valence-corrected chi connectivity index (χ4v) is 4.28. The van der Waals surface area contributed by atoms with Crippen LogP contribution in [0.25, 0.3) is 21.3 Å². The highest BCUT2D eigenvalue weighted by atomic mass is 35.5. The largest absolute Gasteiger partial charge is 0.461 e. The molecule has 4 rings (SSSR count). The highest BCUT2D eigenvalue weighted by Crippen LogP contribution is 2.31. The zero-order valence-corrected chi connectivity index (χ0v) is 17.4. The van der Waals surface area contributed by atoms with Crippen LogP contribution in [0, 0.1) is 0 Å². The van der Waals surface area contributed by atoms with Gasteiger partial charge >= 0.3 is 5.97 Å². The molecule has 3 nitrogen and oxygen atoms in total. The first kappa shape index (κ1) is 19.1. The van der Waals surface area contributed by atoms with E-state index in [0.717, 1.165) is 22.0 Å². The number of esters is 1. The number of ether oxygens (including phenoxy) is 1. The van der Waals surface area contributed by atoms with E-state index in [0.29, 0.717) is 28.9 Å². The first-order chi connectivity index (χ1) is 13.6. The summed E-state index contributed by atoms with van der Waals surface area (Å²) in [5.74, 6) is -0.337. The van der Waals surface area contributed by atoms with E-state index in [2.05, 4.69) is 23.6 Å². The van der Waals surface area contributed by atoms with Gasteiger partial charge in [-0.3, -0.25) is 0 Å². The monoisotopic (exact) mass is 429 g/mol. The maximum atomic E-state index is 12.6. The van der Waals surface area contributed by atoms with Crippen molar-refractivity contribution in [3.63, 3.8) is 0 Å². The van der Waals surface area contributed by atoms with Crippen molar-refractivity contribution in [3.05, 3.63) is 81.3 Å². The van der Waals surface area contributed by atoms with Gasteiger partial charge in [0.25, 0.3) is 0 Å². The van der Waals surface area contributed by atoms with Gasteiger partial charge in [0, 0.05) is 22.3 Å². The van der Waals surface area contributed by atoms with Crippen LogP contribution < -0.4 is 0 Å². The second-order valence-corrected chi connectivity index (χ2v) is 8.10. The van der Waals surface area contributed by atoms with Crippen LogP contribution in [0.1, 0.15) is 23.0 Å². The summed E-state index contributed by atoms with van der Waals surface area (Å²) in [4.78, 5) is 13.8. The van der Waals surface area contributed by atoms with Crippen molar-refractivity contribution in [1.82, 2.24) is 4.57 Å².